The summed E-state index contributed by atoms with van der Waals surface area (Å²) < 4.78 is 0. The van der Waals surface area contributed by atoms with Crippen LogP contribution in [0.3, 0.4) is 0 Å². The molecular formula is C17H30N4O7S. The summed E-state index contributed by atoms with van der Waals surface area (Å²) in [4.78, 5) is 58.1. The lowest BCUT2D eigenvalue weighted by Crippen LogP contribution is -2.55. The highest BCUT2D eigenvalue weighted by molar-refractivity contribution is 7.98. The molecule has 0 aliphatic carbocycles. The molecule has 0 spiro atoms. The largest absolute Gasteiger partial charge is 0.481 e. The van der Waals surface area contributed by atoms with Crippen LogP contribution in [0.5, 0.6) is 0 Å². The number of carboxylic acids is 2. The van der Waals surface area contributed by atoms with Gasteiger partial charge in [-0.05, 0) is 30.8 Å². The van der Waals surface area contributed by atoms with Gasteiger partial charge in [-0.15, -0.1) is 0 Å². The number of carbonyl (C=O) groups excluding carboxylic acids is 3. The molecule has 0 rings (SSSR count). The maximum Gasteiger partial charge on any atom is 0.326 e. The van der Waals surface area contributed by atoms with Crippen LogP contribution in [-0.2, 0) is 24.0 Å². The first-order chi connectivity index (χ1) is 13.5. The van der Waals surface area contributed by atoms with Gasteiger partial charge in [-0.2, -0.15) is 11.8 Å². The fourth-order valence-electron chi connectivity index (χ4n) is 2.22. The van der Waals surface area contributed by atoms with E-state index in [1.807, 2.05) is 6.26 Å². The van der Waals surface area contributed by atoms with Crippen LogP contribution >= 0.6 is 11.8 Å². The van der Waals surface area contributed by atoms with Gasteiger partial charge in [0.15, 0.2) is 0 Å². The van der Waals surface area contributed by atoms with E-state index in [4.69, 9.17) is 15.9 Å². The molecule has 29 heavy (non-hydrogen) atoms. The van der Waals surface area contributed by atoms with Crippen molar-refractivity contribution in [3.8, 4) is 0 Å². The molecule has 0 aromatic carbocycles. The zero-order valence-corrected chi connectivity index (χ0v) is 17.6. The smallest absolute Gasteiger partial charge is 0.326 e. The number of hydrogen-bond donors (Lipinski definition) is 6. The topological polar surface area (TPSA) is 188 Å². The summed E-state index contributed by atoms with van der Waals surface area (Å²) in [6, 6.07) is -3.13. The Kier molecular flexibility index (Phi) is 12.7. The fourth-order valence-corrected chi connectivity index (χ4v) is 2.69. The first-order valence-electron chi connectivity index (χ1n) is 9.06. The van der Waals surface area contributed by atoms with Crippen molar-refractivity contribution in [1.29, 1.82) is 0 Å². The standard InChI is InChI=1S/C17H30N4O7S/c1-9(2)14(21-15(25)10(18)4-5-13(23)24)16(26)19-8-12(22)20-11(17(27)28)6-7-29-3/h9-11,14H,4-8,18H2,1-3H3,(H,19,26)(H,20,22)(H,21,25)(H,23,24)(H,27,28). The van der Waals surface area contributed by atoms with Crippen LogP contribution in [0, 0.1) is 5.92 Å². The number of aliphatic carboxylic acids is 2. The van der Waals surface area contributed by atoms with E-state index in [0.29, 0.717) is 5.75 Å². The number of nitrogens with two attached hydrogens (primary N) is 1. The van der Waals surface area contributed by atoms with Crippen molar-refractivity contribution in [3.63, 3.8) is 0 Å². The summed E-state index contributed by atoms with van der Waals surface area (Å²) in [7, 11) is 0. The summed E-state index contributed by atoms with van der Waals surface area (Å²) in [6.45, 7) is 2.90. The lowest BCUT2D eigenvalue weighted by Gasteiger charge is -2.23. The molecule has 0 aliphatic rings. The molecule has 11 nitrogen and oxygen atoms in total. The van der Waals surface area contributed by atoms with Gasteiger partial charge in [0.1, 0.15) is 12.1 Å². The molecule has 12 heteroatoms. The van der Waals surface area contributed by atoms with Crippen LogP contribution in [0.2, 0.25) is 0 Å². The number of thioether (sulfide) groups is 1. The van der Waals surface area contributed by atoms with E-state index < -0.39 is 54.3 Å². The molecule has 0 bridgehead atoms. The number of rotatable bonds is 14. The zero-order chi connectivity index (χ0) is 22.6. The monoisotopic (exact) mass is 434 g/mol. The minimum Gasteiger partial charge on any atom is -0.481 e. The number of nitrogens with one attached hydrogen (secondary N) is 3. The Labute approximate surface area is 173 Å². The highest BCUT2D eigenvalue weighted by Crippen LogP contribution is 2.04. The second kappa shape index (κ2) is 13.8. The van der Waals surface area contributed by atoms with Gasteiger partial charge in [-0.3, -0.25) is 19.2 Å². The highest BCUT2D eigenvalue weighted by Gasteiger charge is 2.27. The number of hydrogen-bond acceptors (Lipinski definition) is 7. The minimum absolute atomic E-state index is 0.0807. The average Bonchev–Trinajstić information content (AvgIpc) is 2.64. The van der Waals surface area contributed by atoms with Crippen molar-refractivity contribution >= 4 is 41.4 Å². The van der Waals surface area contributed by atoms with Crippen molar-refractivity contribution in [3.05, 3.63) is 0 Å². The maximum atomic E-state index is 12.3. The van der Waals surface area contributed by atoms with Gasteiger partial charge in [-0.1, -0.05) is 13.8 Å². The number of carboxylic acid groups (broad SMARTS) is 2. The Bertz CT molecular complexity index is 600. The van der Waals surface area contributed by atoms with Crippen molar-refractivity contribution < 1.29 is 34.2 Å². The van der Waals surface area contributed by atoms with Crippen LogP contribution in [0.25, 0.3) is 0 Å². The third-order valence-corrected chi connectivity index (χ3v) is 4.56. The van der Waals surface area contributed by atoms with E-state index in [1.54, 1.807) is 13.8 Å². The van der Waals surface area contributed by atoms with Crippen molar-refractivity contribution in [2.24, 2.45) is 11.7 Å². The first-order valence-corrected chi connectivity index (χ1v) is 10.5. The third kappa shape index (κ3) is 11.3. The van der Waals surface area contributed by atoms with Gasteiger partial charge in [0, 0.05) is 6.42 Å². The molecule has 0 aromatic heterocycles. The molecule has 0 saturated carbocycles. The lowest BCUT2D eigenvalue weighted by molar-refractivity contribution is -0.142. The summed E-state index contributed by atoms with van der Waals surface area (Å²) in [6.07, 6.45) is 1.70. The van der Waals surface area contributed by atoms with Crippen LogP contribution in [0.15, 0.2) is 0 Å². The number of amides is 3. The van der Waals surface area contributed by atoms with Gasteiger partial charge in [0.2, 0.25) is 17.7 Å². The third-order valence-electron chi connectivity index (χ3n) is 3.92. The molecular weight excluding hydrogens is 404 g/mol. The molecule has 0 saturated heterocycles. The van der Waals surface area contributed by atoms with Crippen molar-refractivity contribution in [2.75, 3.05) is 18.6 Å². The molecule has 7 N–H and O–H groups in total. The van der Waals surface area contributed by atoms with Crippen LogP contribution in [0.4, 0.5) is 0 Å². The second-order valence-corrected chi connectivity index (χ2v) is 7.71. The molecule has 3 atom stereocenters. The normalized spacial score (nSPS) is 13.8. The predicted octanol–water partition coefficient (Wildman–Crippen LogP) is -1.24. The lowest BCUT2D eigenvalue weighted by atomic mass is 10.0. The molecule has 0 aromatic rings. The van der Waals surface area contributed by atoms with Gasteiger partial charge < -0.3 is 31.9 Å². The number of carbonyl (C=O) groups is 5. The van der Waals surface area contributed by atoms with Gasteiger partial charge in [0.25, 0.3) is 0 Å². The van der Waals surface area contributed by atoms with E-state index in [9.17, 15) is 24.0 Å². The Balaban J connectivity index is 4.70. The van der Waals surface area contributed by atoms with Gasteiger partial charge in [-0.25, -0.2) is 4.79 Å². The van der Waals surface area contributed by atoms with Gasteiger partial charge in [0.05, 0.1) is 12.6 Å². The summed E-state index contributed by atoms with van der Waals surface area (Å²) >= 11 is 1.45. The molecule has 0 fully saturated rings. The predicted molar refractivity (Wildman–Crippen MR) is 107 cm³/mol. The average molecular weight is 435 g/mol. The SMILES string of the molecule is CSCCC(NC(=O)CNC(=O)C(NC(=O)C(N)CCC(=O)O)C(C)C)C(=O)O. The van der Waals surface area contributed by atoms with E-state index in [-0.39, 0.29) is 25.2 Å². The van der Waals surface area contributed by atoms with E-state index in [1.165, 1.54) is 11.8 Å². The summed E-state index contributed by atoms with van der Waals surface area (Å²) in [5, 5.41) is 24.9. The zero-order valence-electron chi connectivity index (χ0n) is 16.8. The van der Waals surface area contributed by atoms with Crippen LogP contribution < -0.4 is 21.7 Å². The molecule has 0 heterocycles. The maximum absolute atomic E-state index is 12.3. The summed E-state index contributed by atoms with van der Waals surface area (Å²) in [5.74, 6) is -4.01. The Hall–Kier alpha value is -2.34. The van der Waals surface area contributed by atoms with Crippen LogP contribution in [0.1, 0.15) is 33.1 Å². The Morgan fingerprint density at radius 3 is 2.10 bits per heavy atom. The fraction of sp³-hybridized carbons (Fsp3) is 0.706. The first kappa shape index (κ1) is 26.7. The van der Waals surface area contributed by atoms with Crippen molar-refractivity contribution in [1.82, 2.24) is 16.0 Å². The van der Waals surface area contributed by atoms with E-state index in [0.717, 1.165) is 0 Å². The summed E-state index contributed by atoms with van der Waals surface area (Å²) in [5.41, 5.74) is 5.63. The van der Waals surface area contributed by atoms with Gasteiger partial charge >= 0.3 is 11.9 Å². The van der Waals surface area contributed by atoms with Crippen LogP contribution in [-0.4, -0.2) is 76.6 Å². The van der Waals surface area contributed by atoms with E-state index in [2.05, 4.69) is 16.0 Å². The Morgan fingerprint density at radius 1 is 1.00 bits per heavy atom. The molecule has 3 unspecified atom stereocenters. The highest BCUT2D eigenvalue weighted by atomic mass is 32.2. The molecule has 3 amide bonds. The minimum atomic E-state index is -1.17. The molecule has 166 valence electrons. The Morgan fingerprint density at radius 2 is 1.62 bits per heavy atom. The van der Waals surface area contributed by atoms with Crippen molar-refractivity contribution in [2.45, 2.75) is 51.2 Å². The molecule has 0 aliphatic heterocycles. The molecule has 0 radical (unpaired) electrons. The quantitative estimate of drug-likeness (QED) is 0.194. The second-order valence-electron chi connectivity index (χ2n) is 6.73. The van der Waals surface area contributed by atoms with E-state index >= 15 is 0 Å².